The molecule has 2 N–H and O–H groups in total. The van der Waals surface area contributed by atoms with Crippen LogP contribution in [0.15, 0.2) is 4.99 Å². The van der Waals surface area contributed by atoms with Crippen LogP contribution in [0.4, 0.5) is 0 Å². The summed E-state index contributed by atoms with van der Waals surface area (Å²) in [5.41, 5.74) is 0. The third-order valence-electron chi connectivity index (χ3n) is 4.75. The van der Waals surface area contributed by atoms with Crippen LogP contribution in [0, 0.1) is 0 Å². The van der Waals surface area contributed by atoms with Gasteiger partial charge in [-0.25, -0.2) is 0 Å². The maximum absolute atomic E-state index is 12.2. The Bertz CT molecular complexity index is 441. The predicted molar refractivity (Wildman–Crippen MR) is 96.1 cm³/mol. The van der Waals surface area contributed by atoms with Crippen molar-refractivity contribution in [2.45, 2.75) is 44.8 Å². The van der Waals surface area contributed by atoms with Crippen molar-refractivity contribution in [2.75, 3.05) is 53.4 Å². The number of likely N-dealkylation sites (N-methyl/N-ethyl adjacent to an activating group) is 1. The van der Waals surface area contributed by atoms with Gasteiger partial charge in [-0.2, -0.15) is 0 Å². The van der Waals surface area contributed by atoms with Crippen molar-refractivity contribution in [3.8, 4) is 0 Å². The summed E-state index contributed by atoms with van der Waals surface area (Å²) in [6, 6.07) is 0.0472. The standard InChI is InChI=1S/C17H33N5O2/c1-4-18-17(22-12-8-14(23)13-22)19-9-6-11-21-10-5-7-15(21)16(24)20(2)3/h14-15,23H,4-13H2,1-3H3,(H,18,19)/t14-,15?/m1/s1. The first-order valence-electron chi connectivity index (χ1n) is 9.19. The predicted octanol–water partition coefficient (Wildman–Crippen LogP) is -0.0388. The maximum Gasteiger partial charge on any atom is 0.239 e. The molecule has 2 saturated heterocycles. The van der Waals surface area contributed by atoms with E-state index in [1.165, 1.54) is 0 Å². The Morgan fingerprint density at radius 1 is 1.33 bits per heavy atom. The third kappa shape index (κ3) is 5.08. The molecule has 7 nitrogen and oxygen atoms in total. The summed E-state index contributed by atoms with van der Waals surface area (Å²) in [5.74, 6) is 1.12. The van der Waals surface area contributed by atoms with Crippen LogP contribution in [0.5, 0.6) is 0 Å². The minimum Gasteiger partial charge on any atom is -0.391 e. The number of nitrogens with zero attached hydrogens (tertiary/aromatic N) is 4. The number of guanidine groups is 1. The quantitative estimate of drug-likeness (QED) is 0.404. The zero-order valence-electron chi connectivity index (χ0n) is 15.4. The van der Waals surface area contributed by atoms with Gasteiger partial charge in [0.25, 0.3) is 0 Å². The molecule has 2 aliphatic rings. The Labute approximate surface area is 145 Å². The number of carbonyl (C=O) groups is 1. The SMILES string of the molecule is CCNC(=NCCCN1CCCC1C(=O)N(C)C)N1CC[C@@H](O)C1. The van der Waals surface area contributed by atoms with Crippen molar-refractivity contribution in [2.24, 2.45) is 4.99 Å². The molecule has 24 heavy (non-hydrogen) atoms. The number of amides is 1. The Kier molecular flexibility index (Phi) is 7.30. The number of hydrogen-bond acceptors (Lipinski definition) is 4. The molecule has 0 aliphatic carbocycles. The molecule has 7 heteroatoms. The zero-order valence-corrected chi connectivity index (χ0v) is 15.4. The number of aliphatic hydroxyl groups is 1. The Balaban J connectivity index is 1.80. The molecule has 2 rings (SSSR count). The van der Waals surface area contributed by atoms with Gasteiger partial charge in [0.05, 0.1) is 12.1 Å². The molecule has 1 unspecified atom stereocenters. The average molecular weight is 339 g/mol. The average Bonchev–Trinajstić information content (AvgIpc) is 3.18. The molecule has 0 bridgehead atoms. The highest BCUT2D eigenvalue weighted by atomic mass is 16.3. The topological polar surface area (TPSA) is 71.4 Å². The first-order chi connectivity index (χ1) is 11.5. The van der Waals surface area contributed by atoms with E-state index in [1.54, 1.807) is 4.90 Å². The lowest BCUT2D eigenvalue weighted by molar-refractivity contribution is -0.133. The second-order valence-electron chi connectivity index (χ2n) is 6.90. The number of rotatable bonds is 6. The van der Waals surface area contributed by atoms with Crippen molar-refractivity contribution in [1.29, 1.82) is 0 Å². The minimum atomic E-state index is -0.240. The summed E-state index contributed by atoms with van der Waals surface area (Å²) in [6.45, 7) is 7.08. The van der Waals surface area contributed by atoms with Gasteiger partial charge in [0.15, 0.2) is 5.96 Å². The molecule has 0 saturated carbocycles. The Morgan fingerprint density at radius 3 is 2.75 bits per heavy atom. The maximum atomic E-state index is 12.2. The van der Waals surface area contributed by atoms with E-state index in [2.05, 4.69) is 22.0 Å². The van der Waals surface area contributed by atoms with Gasteiger partial charge in [0, 0.05) is 46.8 Å². The molecule has 0 spiro atoms. The van der Waals surface area contributed by atoms with Crippen molar-refractivity contribution in [3.05, 3.63) is 0 Å². The normalized spacial score (nSPS) is 25.3. The summed E-state index contributed by atoms with van der Waals surface area (Å²) in [4.78, 5) is 23.0. The van der Waals surface area contributed by atoms with Gasteiger partial charge in [-0.05, 0) is 39.2 Å². The third-order valence-corrected chi connectivity index (χ3v) is 4.75. The fourth-order valence-corrected chi connectivity index (χ4v) is 3.49. The lowest BCUT2D eigenvalue weighted by Gasteiger charge is -2.26. The molecular weight excluding hydrogens is 306 g/mol. The van der Waals surface area contributed by atoms with E-state index in [1.807, 2.05) is 14.1 Å². The molecule has 138 valence electrons. The molecule has 0 radical (unpaired) electrons. The van der Waals surface area contributed by atoms with Gasteiger partial charge >= 0.3 is 0 Å². The molecule has 1 amide bonds. The number of aliphatic imine (C=N–C) groups is 1. The zero-order chi connectivity index (χ0) is 17.5. The van der Waals surface area contributed by atoms with Crippen LogP contribution in [-0.2, 0) is 4.79 Å². The smallest absolute Gasteiger partial charge is 0.239 e. The van der Waals surface area contributed by atoms with Gasteiger partial charge in [-0.1, -0.05) is 0 Å². The van der Waals surface area contributed by atoms with Gasteiger partial charge < -0.3 is 20.2 Å². The second kappa shape index (κ2) is 9.22. The number of nitrogens with one attached hydrogen (secondary N) is 1. The molecule has 0 aromatic rings. The van der Waals surface area contributed by atoms with E-state index < -0.39 is 0 Å². The first-order valence-corrected chi connectivity index (χ1v) is 9.19. The highest BCUT2D eigenvalue weighted by Crippen LogP contribution is 2.18. The van der Waals surface area contributed by atoms with Crippen LogP contribution in [0.1, 0.15) is 32.6 Å². The van der Waals surface area contributed by atoms with Gasteiger partial charge in [0.2, 0.25) is 5.91 Å². The summed E-state index contributed by atoms with van der Waals surface area (Å²) in [7, 11) is 3.66. The molecular formula is C17H33N5O2. The fraction of sp³-hybridized carbons (Fsp3) is 0.882. The number of aliphatic hydroxyl groups excluding tert-OH is 1. The van der Waals surface area contributed by atoms with E-state index in [0.29, 0.717) is 6.54 Å². The number of likely N-dealkylation sites (tertiary alicyclic amines) is 2. The monoisotopic (exact) mass is 339 g/mol. The van der Waals surface area contributed by atoms with E-state index in [4.69, 9.17) is 4.99 Å². The molecule has 2 heterocycles. The Morgan fingerprint density at radius 2 is 2.12 bits per heavy atom. The van der Waals surface area contributed by atoms with Gasteiger partial charge in [-0.15, -0.1) is 0 Å². The van der Waals surface area contributed by atoms with Crippen molar-refractivity contribution in [3.63, 3.8) is 0 Å². The summed E-state index contributed by atoms with van der Waals surface area (Å²) in [6.07, 6.45) is 3.59. The van der Waals surface area contributed by atoms with E-state index in [0.717, 1.165) is 64.4 Å². The highest BCUT2D eigenvalue weighted by Gasteiger charge is 2.31. The molecule has 0 aromatic heterocycles. The van der Waals surface area contributed by atoms with E-state index in [9.17, 15) is 9.90 Å². The fourth-order valence-electron chi connectivity index (χ4n) is 3.49. The van der Waals surface area contributed by atoms with Crippen molar-refractivity contribution in [1.82, 2.24) is 20.0 Å². The van der Waals surface area contributed by atoms with Crippen LogP contribution in [0.3, 0.4) is 0 Å². The molecule has 2 aliphatic heterocycles. The summed E-state index contributed by atoms with van der Waals surface area (Å²) in [5, 5.41) is 13.0. The lowest BCUT2D eigenvalue weighted by Crippen LogP contribution is -2.43. The lowest BCUT2D eigenvalue weighted by atomic mass is 10.2. The van der Waals surface area contributed by atoms with Crippen LogP contribution < -0.4 is 5.32 Å². The number of carbonyl (C=O) groups excluding carboxylic acids is 1. The minimum absolute atomic E-state index is 0.0472. The largest absolute Gasteiger partial charge is 0.391 e. The van der Waals surface area contributed by atoms with Crippen LogP contribution in [0.2, 0.25) is 0 Å². The number of hydrogen-bond donors (Lipinski definition) is 2. The summed E-state index contributed by atoms with van der Waals surface area (Å²) >= 11 is 0. The van der Waals surface area contributed by atoms with E-state index >= 15 is 0 Å². The Hall–Kier alpha value is -1.34. The van der Waals surface area contributed by atoms with Crippen LogP contribution in [0.25, 0.3) is 0 Å². The molecule has 2 atom stereocenters. The molecule has 2 fully saturated rings. The highest BCUT2D eigenvalue weighted by molar-refractivity contribution is 5.81. The first kappa shape index (κ1) is 19.0. The second-order valence-corrected chi connectivity index (χ2v) is 6.90. The van der Waals surface area contributed by atoms with Crippen LogP contribution >= 0.6 is 0 Å². The van der Waals surface area contributed by atoms with Crippen LogP contribution in [-0.4, -0.2) is 97.2 Å². The molecule has 0 aromatic carbocycles. The van der Waals surface area contributed by atoms with E-state index in [-0.39, 0.29) is 18.1 Å². The van der Waals surface area contributed by atoms with Gasteiger partial charge in [0.1, 0.15) is 0 Å². The number of β-amino-alcohol motifs (C(OH)–C–C–N with tert-alkyl or cyclic N) is 1. The van der Waals surface area contributed by atoms with Crippen molar-refractivity contribution < 1.29 is 9.90 Å². The summed E-state index contributed by atoms with van der Waals surface area (Å²) < 4.78 is 0. The van der Waals surface area contributed by atoms with Crippen molar-refractivity contribution >= 4 is 11.9 Å². The van der Waals surface area contributed by atoms with Gasteiger partial charge in [-0.3, -0.25) is 14.7 Å².